The van der Waals surface area contributed by atoms with Crippen LogP contribution in [0.5, 0.6) is 0 Å². The van der Waals surface area contributed by atoms with Crippen molar-refractivity contribution in [2.24, 2.45) is 0 Å². The highest BCUT2D eigenvalue weighted by Crippen LogP contribution is 2.37. The van der Waals surface area contributed by atoms with E-state index in [2.05, 4.69) is 16.0 Å². The quantitative estimate of drug-likeness (QED) is 0.167. The van der Waals surface area contributed by atoms with E-state index in [-0.39, 0.29) is 32.7 Å². The Morgan fingerprint density at radius 3 is 2.18 bits per heavy atom. The topological polar surface area (TPSA) is 120 Å². The first kappa shape index (κ1) is 28.4. The predicted octanol–water partition coefficient (Wildman–Crippen LogP) is 6.08. The van der Waals surface area contributed by atoms with Gasteiger partial charge in [-0.05, 0) is 69.0 Å². The van der Waals surface area contributed by atoms with Crippen molar-refractivity contribution in [2.75, 3.05) is 28.8 Å². The fraction of sp³-hybridized carbons (Fsp3) is 0.185. The minimum atomic E-state index is -0.723. The molecule has 38 heavy (non-hydrogen) atoms. The highest BCUT2D eigenvalue weighted by molar-refractivity contribution is 8.02. The number of thioether (sulfide) groups is 1. The number of nitriles is 1. The van der Waals surface area contributed by atoms with Crippen LogP contribution in [-0.2, 0) is 9.53 Å². The van der Waals surface area contributed by atoms with Gasteiger partial charge in [-0.15, -0.1) is 23.1 Å². The highest BCUT2D eigenvalue weighted by atomic mass is 32.2. The fourth-order valence-electron chi connectivity index (χ4n) is 3.34. The molecule has 1 aromatic heterocycles. The average molecular weight is 553 g/mol. The van der Waals surface area contributed by atoms with Crippen LogP contribution in [0.1, 0.15) is 38.1 Å². The summed E-state index contributed by atoms with van der Waals surface area (Å²) in [4.78, 5) is 39.1. The third-order valence-corrected chi connectivity index (χ3v) is 7.16. The SMILES string of the molecule is CCOC(=O)c1c(N/C(SC)=C(/C#N)C(=O)Nc2ccc(F)cc2)sc(C(=O)Nc2ccc(C)cc2)c1C. The number of esters is 1. The van der Waals surface area contributed by atoms with Crippen molar-refractivity contribution in [1.29, 1.82) is 5.26 Å². The van der Waals surface area contributed by atoms with Crippen LogP contribution in [-0.4, -0.2) is 30.6 Å². The van der Waals surface area contributed by atoms with Gasteiger partial charge in [-0.2, -0.15) is 5.26 Å². The zero-order chi connectivity index (χ0) is 27.8. The van der Waals surface area contributed by atoms with Crippen LogP contribution in [0, 0.1) is 31.0 Å². The van der Waals surface area contributed by atoms with Gasteiger partial charge < -0.3 is 20.7 Å². The standard InChI is InChI=1S/C27H25FN4O4S2/c1-5-36-27(35)21-16(3)22(24(34)31-18-10-6-15(2)7-11-18)38-26(21)32-25(37-4)20(14-29)23(33)30-19-12-8-17(28)9-13-19/h6-13,32H,5H2,1-4H3,(H,30,33)(H,31,34)/b25-20+. The maximum atomic E-state index is 13.2. The summed E-state index contributed by atoms with van der Waals surface area (Å²) < 4.78 is 18.4. The van der Waals surface area contributed by atoms with E-state index < -0.39 is 23.6 Å². The molecule has 2 aromatic carbocycles. The normalized spacial score (nSPS) is 11.2. The van der Waals surface area contributed by atoms with Crippen LogP contribution in [0.15, 0.2) is 59.1 Å². The lowest BCUT2D eigenvalue weighted by Gasteiger charge is -2.12. The lowest BCUT2D eigenvalue weighted by Crippen LogP contribution is -2.17. The lowest BCUT2D eigenvalue weighted by molar-refractivity contribution is -0.112. The minimum absolute atomic E-state index is 0.118. The third kappa shape index (κ3) is 6.79. The van der Waals surface area contributed by atoms with Gasteiger partial charge in [0.2, 0.25) is 0 Å². The summed E-state index contributed by atoms with van der Waals surface area (Å²) in [6.07, 6.45) is 1.65. The van der Waals surface area contributed by atoms with Gasteiger partial charge in [-0.3, -0.25) is 9.59 Å². The van der Waals surface area contributed by atoms with Gasteiger partial charge in [0.1, 0.15) is 22.5 Å². The number of amides is 2. The number of benzene rings is 2. The smallest absolute Gasteiger partial charge is 0.341 e. The number of rotatable bonds is 9. The van der Waals surface area contributed by atoms with Crippen molar-refractivity contribution < 1.29 is 23.5 Å². The average Bonchev–Trinajstić information content (AvgIpc) is 3.22. The van der Waals surface area contributed by atoms with E-state index in [1.807, 2.05) is 25.1 Å². The van der Waals surface area contributed by atoms with Gasteiger partial charge in [-0.25, -0.2) is 9.18 Å². The molecule has 1 heterocycles. The van der Waals surface area contributed by atoms with Crippen LogP contribution < -0.4 is 16.0 Å². The Bertz CT molecular complexity index is 1420. The molecule has 3 N–H and O–H groups in total. The number of hydrogen-bond donors (Lipinski definition) is 3. The molecule has 2 amide bonds. The third-order valence-electron chi connectivity index (χ3n) is 5.24. The van der Waals surface area contributed by atoms with Crippen LogP contribution in [0.25, 0.3) is 0 Å². The molecule has 0 radical (unpaired) electrons. The summed E-state index contributed by atoms with van der Waals surface area (Å²) in [5.41, 5.74) is 2.21. The maximum Gasteiger partial charge on any atom is 0.341 e. The maximum absolute atomic E-state index is 13.2. The summed E-state index contributed by atoms with van der Waals surface area (Å²) in [7, 11) is 0. The van der Waals surface area contributed by atoms with E-state index >= 15 is 0 Å². The molecule has 0 atom stereocenters. The zero-order valence-corrected chi connectivity index (χ0v) is 22.7. The number of aryl methyl sites for hydroxylation is 1. The Kier molecular flexibility index (Phi) is 9.65. The number of carbonyl (C=O) groups is 3. The van der Waals surface area contributed by atoms with Crippen molar-refractivity contribution in [3.05, 3.63) is 86.5 Å². The molecule has 0 fully saturated rings. The Morgan fingerprint density at radius 1 is 1.00 bits per heavy atom. The zero-order valence-electron chi connectivity index (χ0n) is 21.1. The van der Waals surface area contributed by atoms with Crippen molar-refractivity contribution >= 4 is 57.3 Å². The van der Waals surface area contributed by atoms with Crippen molar-refractivity contribution in [1.82, 2.24) is 0 Å². The lowest BCUT2D eigenvalue weighted by atomic mass is 10.1. The first-order valence-corrected chi connectivity index (χ1v) is 13.4. The first-order valence-electron chi connectivity index (χ1n) is 11.4. The monoisotopic (exact) mass is 552 g/mol. The van der Waals surface area contributed by atoms with Crippen molar-refractivity contribution in [3.8, 4) is 6.07 Å². The Morgan fingerprint density at radius 2 is 1.61 bits per heavy atom. The molecule has 0 aliphatic rings. The van der Waals surface area contributed by atoms with Gasteiger partial charge in [0.05, 0.1) is 22.1 Å². The van der Waals surface area contributed by atoms with Crippen LogP contribution in [0.3, 0.4) is 0 Å². The molecule has 8 nitrogen and oxygen atoms in total. The molecule has 0 unspecified atom stereocenters. The number of halogens is 1. The summed E-state index contributed by atoms with van der Waals surface area (Å²) in [5, 5.41) is 18.5. The van der Waals surface area contributed by atoms with Crippen molar-refractivity contribution in [3.63, 3.8) is 0 Å². The molecule has 0 saturated heterocycles. The van der Waals surface area contributed by atoms with Gasteiger partial charge in [0, 0.05) is 11.4 Å². The number of carbonyl (C=O) groups excluding carboxylic acids is 3. The highest BCUT2D eigenvalue weighted by Gasteiger charge is 2.27. The van der Waals surface area contributed by atoms with E-state index in [0.717, 1.165) is 28.7 Å². The Labute approximate surface area is 227 Å². The number of thiophene rings is 1. The van der Waals surface area contributed by atoms with E-state index in [0.29, 0.717) is 16.9 Å². The second-order valence-electron chi connectivity index (χ2n) is 7.91. The van der Waals surface area contributed by atoms with Crippen LogP contribution in [0.4, 0.5) is 20.8 Å². The number of anilines is 3. The van der Waals surface area contributed by atoms with E-state index in [1.54, 1.807) is 32.2 Å². The first-order chi connectivity index (χ1) is 18.2. The predicted molar refractivity (Wildman–Crippen MR) is 149 cm³/mol. The van der Waals surface area contributed by atoms with E-state index in [9.17, 15) is 24.0 Å². The fourth-order valence-corrected chi connectivity index (χ4v) is 5.05. The molecule has 0 saturated carbocycles. The summed E-state index contributed by atoms with van der Waals surface area (Å²) in [5.74, 6) is -2.25. The second-order valence-corrected chi connectivity index (χ2v) is 9.74. The largest absolute Gasteiger partial charge is 0.462 e. The Hall–Kier alpha value is -4.14. The van der Waals surface area contributed by atoms with Crippen molar-refractivity contribution in [2.45, 2.75) is 20.8 Å². The molecule has 0 spiro atoms. The molecular formula is C27H25FN4O4S2. The summed E-state index contributed by atoms with van der Waals surface area (Å²) in [6.45, 7) is 5.35. The van der Waals surface area contributed by atoms with Crippen LogP contribution in [0.2, 0.25) is 0 Å². The minimum Gasteiger partial charge on any atom is -0.462 e. The van der Waals surface area contributed by atoms with Gasteiger partial charge in [-0.1, -0.05) is 17.7 Å². The summed E-state index contributed by atoms with van der Waals surface area (Å²) >= 11 is 2.08. The summed E-state index contributed by atoms with van der Waals surface area (Å²) in [6, 6.07) is 14.3. The molecule has 0 aliphatic carbocycles. The van der Waals surface area contributed by atoms with Gasteiger partial charge >= 0.3 is 5.97 Å². The van der Waals surface area contributed by atoms with Gasteiger partial charge in [0.15, 0.2) is 0 Å². The van der Waals surface area contributed by atoms with Gasteiger partial charge in [0.25, 0.3) is 11.8 Å². The van der Waals surface area contributed by atoms with Crippen LogP contribution >= 0.6 is 23.1 Å². The molecule has 0 aliphatic heterocycles. The molecular weight excluding hydrogens is 527 g/mol. The molecule has 11 heteroatoms. The van der Waals surface area contributed by atoms with E-state index in [4.69, 9.17) is 4.74 Å². The molecule has 196 valence electrons. The number of nitrogens with zero attached hydrogens (tertiary/aromatic N) is 1. The number of hydrogen-bond acceptors (Lipinski definition) is 8. The van der Waals surface area contributed by atoms with E-state index in [1.165, 1.54) is 24.3 Å². The Balaban J connectivity index is 1.98. The molecule has 0 bridgehead atoms. The second kappa shape index (κ2) is 12.9. The number of ether oxygens (including phenoxy) is 1. The number of nitrogens with one attached hydrogen (secondary N) is 3. The molecule has 3 rings (SSSR count). The molecule has 3 aromatic rings.